The summed E-state index contributed by atoms with van der Waals surface area (Å²) in [6.07, 6.45) is 10.2. The van der Waals surface area contributed by atoms with Gasteiger partial charge in [-0.3, -0.25) is 9.59 Å². The molecule has 0 bridgehead atoms. The lowest BCUT2D eigenvalue weighted by atomic mass is 9.90. The number of benzene rings is 2. The van der Waals surface area contributed by atoms with Crippen LogP contribution in [0.1, 0.15) is 36.8 Å². The van der Waals surface area contributed by atoms with E-state index in [0.29, 0.717) is 10.0 Å². The predicted molar refractivity (Wildman–Crippen MR) is 123 cm³/mol. The first-order valence-electron chi connectivity index (χ1n) is 9.98. The number of hydrogen-bond acceptors (Lipinski definition) is 2. The van der Waals surface area contributed by atoms with E-state index < -0.39 is 0 Å². The molecule has 4 nitrogen and oxygen atoms in total. The third kappa shape index (κ3) is 7.05. The van der Waals surface area contributed by atoms with Crippen molar-refractivity contribution in [3.63, 3.8) is 0 Å². The average molecular weight is 443 g/mol. The second-order valence-electron chi connectivity index (χ2n) is 7.28. The van der Waals surface area contributed by atoms with Gasteiger partial charge in [-0.25, -0.2) is 0 Å². The summed E-state index contributed by atoms with van der Waals surface area (Å²) in [6, 6.07) is 14.3. The van der Waals surface area contributed by atoms with Crippen molar-refractivity contribution in [3.8, 4) is 0 Å². The largest absolute Gasteiger partial charge is 0.348 e. The molecule has 1 aliphatic carbocycles. The molecule has 1 aliphatic rings. The molecule has 2 amide bonds. The summed E-state index contributed by atoms with van der Waals surface area (Å²) in [4.78, 5) is 24.7. The molecule has 0 heterocycles. The van der Waals surface area contributed by atoms with Gasteiger partial charge in [0.05, 0.1) is 0 Å². The minimum atomic E-state index is -0.173. The van der Waals surface area contributed by atoms with E-state index in [-0.39, 0.29) is 23.9 Å². The van der Waals surface area contributed by atoms with Crippen LogP contribution in [0.5, 0.6) is 0 Å². The Labute approximate surface area is 187 Å². The topological polar surface area (TPSA) is 58.2 Å². The van der Waals surface area contributed by atoms with E-state index in [9.17, 15) is 9.59 Å². The Morgan fingerprint density at radius 2 is 1.07 bits per heavy atom. The van der Waals surface area contributed by atoms with Gasteiger partial charge in [-0.15, -0.1) is 0 Å². The second kappa shape index (κ2) is 11.0. The number of rotatable bonds is 6. The predicted octanol–water partition coefficient (Wildman–Crippen LogP) is 5.26. The van der Waals surface area contributed by atoms with Crippen molar-refractivity contribution in [1.82, 2.24) is 10.6 Å². The van der Waals surface area contributed by atoms with E-state index in [1.807, 2.05) is 24.3 Å². The van der Waals surface area contributed by atoms with Gasteiger partial charge in [0, 0.05) is 34.3 Å². The molecule has 3 rings (SSSR count). The van der Waals surface area contributed by atoms with Crippen LogP contribution in [-0.4, -0.2) is 23.9 Å². The Morgan fingerprint density at radius 1 is 0.700 bits per heavy atom. The molecule has 2 atom stereocenters. The lowest BCUT2D eigenvalue weighted by molar-refractivity contribution is -0.120. The molecule has 0 saturated heterocycles. The fraction of sp³-hybridized carbons (Fsp3) is 0.250. The summed E-state index contributed by atoms with van der Waals surface area (Å²) in [7, 11) is 0. The number of nitrogens with one attached hydrogen (secondary N) is 2. The van der Waals surface area contributed by atoms with Crippen LogP contribution in [0.25, 0.3) is 12.2 Å². The van der Waals surface area contributed by atoms with Gasteiger partial charge in [0.2, 0.25) is 11.8 Å². The summed E-state index contributed by atoms with van der Waals surface area (Å²) in [5.74, 6) is -0.347. The van der Waals surface area contributed by atoms with E-state index in [1.165, 1.54) is 12.2 Å². The second-order valence-corrected chi connectivity index (χ2v) is 8.16. The van der Waals surface area contributed by atoms with E-state index in [4.69, 9.17) is 23.2 Å². The van der Waals surface area contributed by atoms with Crippen LogP contribution in [0, 0.1) is 0 Å². The Morgan fingerprint density at radius 3 is 1.43 bits per heavy atom. The maximum absolute atomic E-state index is 12.4. The molecule has 156 valence electrons. The van der Waals surface area contributed by atoms with E-state index >= 15 is 0 Å². The first-order chi connectivity index (χ1) is 14.5. The molecule has 30 heavy (non-hydrogen) atoms. The fourth-order valence-electron chi connectivity index (χ4n) is 3.43. The highest BCUT2D eigenvalue weighted by Gasteiger charge is 2.26. The van der Waals surface area contributed by atoms with Crippen molar-refractivity contribution < 1.29 is 9.59 Å². The van der Waals surface area contributed by atoms with Crippen molar-refractivity contribution >= 4 is 47.2 Å². The van der Waals surface area contributed by atoms with Crippen LogP contribution < -0.4 is 10.6 Å². The van der Waals surface area contributed by atoms with Gasteiger partial charge in [0.15, 0.2) is 0 Å². The maximum Gasteiger partial charge on any atom is 0.244 e. The van der Waals surface area contributed by atoms with Crippen LogP contribution in [0.3, 0.4) is 0 Å². The molecular formula is C24H24Cl2N2O2. The summed E-state index contributed by atoms with van der Waals surface area (Å²) in [5, 5.41) is 7.37. The van der Waals surface area contributed by atoms with Crippen molar-refractivity contribution in [3.05, 3.63) is 81.9 Å². The zero-order valence-corrected chi connectivity index (χ0v) is 18.0. The molecule has 1 saturated carbocycles. The Hall–Kier alpha value is -2.56. The minimum Gasteiger partial charge on any atom is -0.348 e. The standard InChI is InChI=1S/C24H24Cl2N2O2/c25-19-11-5-17(6-12-19)9-15-23(29)27-21-3-1-2-4-22(21)28-24(30)16-10-18-7-13-20(26)14-8-18/h5-16,21-22H,1-4H2,(H,27,29)(H,28,30). The van der Waals surface area contributed by atoms with Gasteiger partial charge >= 0.3 is 0 Å². The third-order valence-corrected chi connectivity index (χ3v) is 5.52. The summed E-state index contributed by atoms with van der Waals surface area (Å²) in [6.45, 7) is 0. The molecular weight excluding hydrogens is 419 g/mol. The van der Waals surface area contributed by atoms with Crippen molar-refractivity contribution in [1.29, 1.82) is 0 Å². The molecule has 0 aromatic heterocycles. The molecule has 0 spiro atoms. The Kier molecular flexibility index (Phi) is 8.12. The number of amides is 2. The van der Waals surface area contributed by atoms with Crippen LogP contribution >= 0.6 is 23.2 Å². The number of hydrogen-bond donors (Lipinski definition) is 2. The van der Waals surface area contributed by atoms with Crippen molar-refractivity contribution in [2.45, 2.75) is 37.8 Å². The van der Waals surface area contributed by atoms with Crippen LogP contribution in [-0.2, 0) is 9.59 Å². The van der Waals surface area contributed by atoms with Crippen molar-refractivity contribution in [2.24, 2.45) is 0 Å². The SMILES string of the molecule is O=C(C=Cc1ccc(Cl)cc1)NC1CCCCC1NC(=O)C=Cc1ccc(Cl)cc1. The summed E-state index contributed by atoms with van der Waals surface area (Å²) < 4.78 is 0. The molecule has 0 radical (unpaired) electrons. The van der Waals surface area contributed by atoms with E-state index in [0.717, 1.165) is 36.8 Å². The van der Waals surface area contributed by atoms with Gasteiger partial charge in [-0.1, -0.05) is 60.3 Å². The molecule has 2 N–H and O–H groups in total. The first kappa shape index (κ1) is 22.1. The summed E-state index contributed by atoms with van der Waals surface area (Å²) >= 11 is 11.8. The average Bonchev–Trinajstić information content (AvgIpc) is 2.74. The lowest BCUT2D eigenvalue weighted by Crippen LogP contribution is -2.52. The van der Waals surface area contributed by atoms with Gasteiger partial charge < -0.3 is 10.6 Å². The normalized spacial score (nSPS) is 19.1. The molecule has 2 aromatic carbocycles. The molecule has 0 aliphatic heterocycles. The summed E-state index contributed by atoms with van der Waals surface area (Å²) in [5.41, 5.74) is 1.80. The highest BCUT2D eigenvalue weighted by molar-refractivity contribution is 6.30. The minimum absolute atomic E-state index is 0.0889. The first-order valence-corrected chi connectivity index (χ1v) is 10.7. The zero-order chi connectivity index (χ0) is 21.3. The monoisotopic (exact) mass is 442 g/mol. The van der Waals surface area contributed by atoms with Crippen LogP contribution in [0.15, 0.2) is 60.7 Å². The van der Waals surface area contributed by atoms with Crippen LogP contribution in [0.4, 0.5) is 0 Å². The quantitative estimate of drug-likeness (QED) is 0.599. The lowest BCUT2D eigenvalue weighted by Gasteiger charge is -2.32. The van der Waals surface area contributed by atoms with Crippen LogP contribution in [0.2, 0.25) is 10.0 Å². The highest BCUT2D eigenvalue weighted by Crippen LogP contribution is 2.19. The Balaban J connectivity index is 1.54. The van der Waals surface area contributed by atoms with E-state index in [2.05, 4.69) is 10.6 Å². The highest BCUT2D eigenvalue weighted by atomic mass is 35.5. The van der Waals surface area contributed by atoms with E-state index in [1.54, 1.807) is 36.4 Å². The van der Waals surface area contributed by atoms with Crippen molar-refractivity contribution in [2.75, 3.05) is 0 Å². The van der Waals surface area contributed by atoms with Gasteiger partial charge in [-0.05, 0) is 60.4 Å². The number of halogens is 2. The van der Waals surface area contributed by atoms with Gasteiger partial charge in [0.1, 0.15) is 0 Å². The third-order valence-electron chi connectivity index (χ3n) is 5.02. The molecule has 2 unspecified atom stereocenters. The zero-order valence-electron chi connectivity index (χ0n) is 16.5. The fourth-order valence-corrected chi connectivity index (χ4v) is 3.68. The number of carbonyl (C=O) groups is 2. The Bertz CT molecular complexity index is 844. The van der Waals surface area contributed by atoms with Gasteiger partial charge in [0.25, 0.3) is 0 Å². The smallest absolute Gasteiger partial charge is 0.244 e. The molecule has 1 fully saturated rings. The maximum atomic E-state index is 12.4. The molecule has 6 heteroatoms. The van der Waals surface area contributed by atoms with Gasteiger partial charge in [-0.2, -0.15) is 0 Å². The number of carbonyl (C=O) groups excluding carboxylic acids is 2. The molecule has 2 aromatic rings.